The molecule has 1 atom stereocenters. The summed E-state index contributed by atoms with van der Waals surface area (Å²) < 4.78 is 4.68. The lowest BCUT2D eigenvalue weighted by molar-refractivity contribution is -0.141. The Bertz CT molecular complexity index is 534. The van der Waals surface area contributed by atoms with Crippen LogP contribution < -0.4 is 5.32 Å². The number of ether oxygens (including phenoxy) is 1. The van der Waals surface area contributed by atoms with Gasteiger partial charge < -0.3 is 10.1 Å². The van der Waals surface area contributed by atoms with Crippen LogP contribution in [0.15, 0.2) is 54.6 Å². The maximum absolute atomic E-state index is 11.3. The number of benzene rings is 2. The summed E-state index contributed by atoms with van der Waals surface area (Å²) in [6.45, 7) is 1.77. The van der Waals surface area contributed by atoms with Crippen LogP contribution in [0.2, 0.25) is 0 Å². The van der Waals surface area contributed by atoms with Gasteiger partial charge in [0.15, 0.2) is 0 Å². The van der Waals surface area contributed by atoms with Gasteiger partial charge in [-0.25, -0.2) is 4.79 Å². The molecule has 2 aromatic carbocycles. The number of carbonyl (C=O) groups is 1. The molecule has 0 bridgehead atoms. The molecular weight excluding hydrogens is 238 g/mol. The standard InChI is InChI=1S/C16H17NO2/c1-12(16(18)19-2)17-15-10-8-14(9-11-15)13-6-4-3-5-7-13/h3-12,17H,1-2H3/t12-/m0/s1. The fraction of sp³-hybridized carbons (Fsp3) is 0.188. The third kappa shape index (κ3) is 3.35. The highest BCUT2D eigenvalue weighted by Crippen LogP contribution is 2.21. The lowest BCUT2D eigenvalue weighted by Gasteiger charge is -2.13. The van der Waals surface area contributed by atoms with E-state index >= 15 is 0 Å². The summed E-state index contributed by atoms with van der Waals surface area (Å²) in [4.78, 5) is 11.3. The van der Waals surface area contributed by atoms with Crippen molar-refractivity contribution in [3.05, 3.63) is 54.6 Å². The number of hydrogen-bond donors (Lipinski definition) is 1. The molecule has 1 N–H and O–H groups in total. The molecule has 19 heavy (non-hydrogen) atoms. The maximum Gasteiger partial charge on any atom is 0.327 e. The number of hydrogen-bond acceptors (Lipinski definition) is 3. The monoisotopic (exact) mass is 255 g/mol. The van der Waals surface area contributed by atoms with Crippen LogP contribution in [0.4, 0.5) is 5.69 Å². The van der Waals surface area contributed by atoms with Crippen molar-refractivity contribution < 1.29 is 9.53 Å². The number of esters is 1. The van der Waals surface area contributed by atoms with Gasteiger partial charge >= 0.3 is 5.97 Å². The minimum Gasteiger partial charge on any atom is -0.467 e. The van der Waals surface area contributed by atoms with Gasteiger partial charge in [0.05, 0.1) is 7.11 Å². The molecule has 2 aromatic rings. The normalized spacial score (nSPS) is 11.7. The largest absolute Gasteiger partial charge is 0.467 e. The van der Waals surface area contributed by atoms with Crippen LogP contribution >= 0.6 is 0 Å². The van der Waals surface area contributed by atoms with Crippen LogP contribution in [0.25, 0.3) is 11.1 Å². The predicted molar refractivity (Wildman–Crippen MR) is 77.0 cm³/mol. The Morgan fingerprint density at radius 1 is 1.00 bits per heavy atom. The van der Waals surface area contributed by atoms with E-state index in [0.717, 1.165) is 11.3 Å². The zero-order valence-electron chi connectivity index (χ0n) is 11.1. The van der Waals surface area contributed by atoms with Gasteiger partial charge in [-0.2, -0.15) is 0 Å². The van der Waals surface area contributed by atoms with Gasteiger partial charge in [0, 0.05) is 5.69 Å². The highest BCUT2D eigenvalue weighted by Gasteiger charge is 2.12. The van der Waals surface area contributed by atoms with E-state index in [1.165, 1.54) is 12.7 Å². The third-order valence-electron chi connectivity index (χ3n) is 2.93. The van der Waals surface area contributed by atoms with E-state index in [1.54, 1.807) is 6.92 Å². The average molecular weight is 255 g/mol. The molecule has 0 spiro atoms. The van der Waals surface area contributed by atoms with E-state index in [2.05, 4.69) is 22.2 Å². The van der Waals surface area contributed by atoms with E-state index < -0.39 is 0 Å². The Hall–Kier alpha value is -2.29. The molecule has 0 aliphatic carbocycles. The molecule has 2 rings (SSSR count). The summed E-state index contributed by atoms with van der Waals surface area (Å²) in [5.74, 6) is -0.271. The van der Waals surface area contributed by atoms with Crippen molar-refractivity contribution in [1.82, 2.24) is 0 Å². The van der Waals surface area contributed by atoms with Crippen LogP contribution in [-0.2, 0) is 9.53 Å². The summed E-state index contributed by atoms with van der Waals surface area (Å²) >= 11 is 0. The number of rotatable bonds is 4. The van der Waals surface area contributed by atoms with Crippen LogP contribution in [0.5, 0.6) is 0 Å². The van der Waals surface area contributed by atoms with Gasteiger partial charge in [0.1, 0.15) is 6.04 Å². The predicted octanol–water partition coefficient (Wildman–Crippen LogP) is 3.33. The minimum absolute atomic E-state index is 0.271. The van der Waals surface area contributed by atoms with Crippen molar-refractivity contribution in [2.24, 2.45) is 0 Å². The molecule has 0 heterocycles. The Labute approximate surface area is 113 Å². The van der Waals surface area contributed by atoms with Gasteiger partial charge in [-0.05, 0) is 30.2 Å². The number of carbonyl (C=O) groups excluding carboxylic acids is 1. The molecule has 3 nitrogen and oxygen atoms in total. The quantitative estimate of drug-likeness (QED) is 0.852. The Balaban J connectivity index is 2.09. The topological polar surface area (TPSA) is 38.3 Å². The first kappa shape index (κ1) is 13.1. The number of methoxy groups -OCH3 is 1. The lowest BCUT2D eigenvalue weighted by Crippen LogP contribution is -2.27. The molecule has 0 saturated heterocycles. The second-order valence-corrected chi connectivity index (χ2v) is 4.33. The molecule has 0 amide bonds. The SMILES string of the molecule is COC(=O)[C@H](C)Nc1ccc(-c2ccccc2)cc1. The Morgan fingerprint density at radius 3 is 2.16 bits per heavy atom. The van der Waals surface area contributed by atoms with Gasteiger partial charge in [0.2, 0.25) is 0 Å². The van der Waals surface area contributed by atoms with Gasteiger partial charge in [-0.3, -0.25) is 0 Å². The zero-order valence-corrected chi connectivity index (χ0v) is 11.1. The summed E-state index contributed by atoms with van der Waals surface area (Å²) in [6.07, 6.45) is 0. The average Bonchev–Trinajstić information content (AvgIpc) is 2.48. The second kappa shape index (κ2) is 6.05. The lowest BCUT2D eigenvalue weighted by atomic mass is 10.1. The molecule has 0 saturated carbocycles. The Morgan fingerprint density at radius 2 is 1.58 bits per heavy atom. The first-order valence-electron chi connectivity index (χ1n) is 6.20. The van der Waals surface area contributed by atoms with Crippen molar-refractivity contribution in [2.75, 3.05) is 12.4 Å². The Kier molecular flexibility index (Phi) is 4.18. The van der Waals surface area contributed by atoms with Crippen molar-refractivity contribution >= 4 is 11.7 Å². The number of anilines is 1. The molecule has 0 aliphatic heterocycles. The van der Waals surface area contributed by atoms with Crippen LogP contribution in [-0.4, -0.2) is 19.1 Å². The maximum atomic E-state index is 11.3. The summed E-state index contributed by atoms with van der Waals surface area (Å²) in [5.41, 5.74) is 3.23. The molecule has 0 aliphatic rings. The molecular formula is C16H17NO2. The van der Waals surface area contributed by atoms with Crippen molar-refractivity contribution in [2.45, 2.75) is 13.0 Å². The van der Waals surface area contributed by atoms with Crippen LogP contribution in [0, 0.1) is 0 Å². The molecule has 0 radical (unpaired) electrons. The minimum atomic E-state index is -0.354. The highest BCUT2D eigenvalue weighted by atomic mass is 16.5. The van der Waals surface area contributed by atoms with Gasteiger partial charge in [-0.15, -0.1) is 0 Å². The van der Waals surface area contributed by atoms with Crippen LogP contribution in [0.1, 0.15) is 6.92 Å². The second-order valence-electron chi connectivity index (χ2n) is 4.33. The first-order chi connectivity index (χ1) is 9.20. The first-order valence-corrected chi connectivity index (χ1v) is 6.20. The molecule has 0 unspecified atom stereocenters. The van der Waals surface area contributed by atoms with Crippen molar-refractivity contribution in [3.8, 4) is 11.1 Å². The van der Waals surface area contributed by atoms with E-state index in [4.69, 9.17) is 0 Å². The van der Waals surface area contributed by atoms with Gasteiger partial charge in [-0.1, -0.05) is 42.5 Å². The van der Waals surface area contributed by atoms with Crippen LogP contribution in [0.3, 0.4) is 0 Å². The fourth-order valence-electron chi connectivity index (χ4n) is 1.88. The number of nitrogens with one attached hydrogen (secondary N) is 1. The van der Waals surface area contributed by atoms with E-state index in [-0.39, 0.29) is 12.0 Å². The third-order valence-corrected chi connectivity index (χ3v) is 2.93. The summed E-state index contributed by atoms with van der Waals surface area (Å²) in [5, 5.41) is 3.10. The van der Waals surface area contributed by atoms with E-state index in [9.17, 15) is 4.79 Å². The molecule has 0 fully saturated rings. The summed E-state index contributed by atoms with van der Waals surface area (Å²) in [6, 6.07) is 17.8. The molecule has 3 heteroatoms. The van der Waals surface area contributed by atoms with E-state index in [1.807, 2.05) is 42.5 Å². The fourth-order valence-corrected chi connectivity index (χ4v) is 1.88. The van der Waals surface area contributed by atoms with Crippen molar-refractivity contribution in [1.29, 1.82) is 0 Å². The zero-order chi connectivity index (χ0) is 13.7. The van der Waals surface area contributed by atoms with Gasteiger partial charge in [0.25, 0.3) is 0 Å². The molecule has 98 valence electrons. The van der Waals surface area contributed by atoms with Crippen molar-refractivity contribution in [3.63, 3.8) is 0 Å². The highest BCUT2D eigenvalue weighted by molar-refractivity contribution is 5.79. The smallest absolute Gasteiger partial charge is 0.327 e. The summed E-state index contributed by atoms with van der Waals surface area (Å²) in [7, 11) is 1.39. The van der Waals surface area contributed by atoms with E-state index in [0.29, 0.717) is 0 Å². The molecule has 0 aromatic heterocycles.